The van der Waals surface area contributed by atoms with Crippen LogP contribution < -0.4 is 5.32 Å². The third-order valence-electron chi connectivity index (χ3n) is 3.48. The van der Waals surface area contributed by atoms with Gasteiger partial charge in [-0.2, -0.15) is 5.26 Å². The maximum absolute atomic E-state index is 11.6. The van der Waals surface area contributed by atoms with Gasteiger partial charge in [0.05, 0.1) is 24.3 Å². The molecule has 0 aromatic heterocycles. The van der Waals surface area contributed by atoms with Crippen molar-refractivity contribution in [3.05, 3.63) is 33.8 Å². The normalized spacial score (nSPS) is 20.3. The first-order valence-corrected chi connectivity index (χ1v) is 8.36. The topological polar surface area (TPSA) is 71.3 Å². The number of rotatable bonds is 4. The van der Waals surface area contributed by atoms with Crippen LogP contribution >= 0.6 is 15.9 Å². The Bertz CT molecular complexity index is 613. The Morgan fingerprint density at radius 2 is 2.13 bits per heavy atom. The van der Waals surface area contributed by atoms with E-state index >= 15 is 0 Å². The molecule has 1 saturated carbocycles. The quantitative estimate of drug-likeness (QED) is 0.859. The molecule has 0 bridgehead atoms. The molecular weight excluding hydrogens is 360 g/mol. The van der Waals surface area contributed by atoms with Gasteiger partial charge >= 0.3 is 6.09 Å². The zero-order chi connectivity index (χ0) is 17.0. The van der Waals surface area contributed by atoms with Crippen LogP contribution in [0.15, 0.2) is 22.7 Å². The molecule has 0 unspecified atom stereocenters. The molecule has 1 aromatic carbocycles. The summed E-state index contributed by atoms with van der Waals surface area (Å²) in [5.41, 5.74) is 1.00. The fraction of sp³-hybridized carbons (Fsp3) is 0.529. The van der Waals surface area contributed by atoms with Crippen LogP contribution in [0.4, 0.5) is 4.79 Å². The highest BCUT2D eigenvalue weighted by Crippen LogP contribution is 2.26. The molecule has 1 amide bonds. The molecule has 0 radical (unpaired) electrons. The van der Waals surface area contributed by atoms with E-state index in [1.165, 1.54) is 0 Å². The molecule has 0 heterocycles. The van der Waals surface area contributed by atoms with Crippen LogP contribution in [0.1, 0.15) is 44.7 Å². The van der Waals surface area contributed by atoms with Crippen molar-refractivity contribution in [1.82, 2.24) is 5.32 Å². The summed E-state index contributed by atoms with van der Waals surface area (Å²) < 4.78 is 11.9. The van der Waals surface area contributed by atoms with Crippen LogP contribution in [0.5, 0.6) is 0 Å². The van der Waals surface area contributed by atoms with Crippen molar-refractivity contribution < 1.29 is 14.3 Å². The van der Waals surface area contributed by atoms with Gasteiger partial charge in [0.2, 0.25) is 0 Å². The fourth-order valence-corrected chi connectivity index (χ4v) is 2.64. The van der Waals surface area contributed by atoms with E-state index in [1.54, 1.807) is 6.07 Å². The number of nitrogens with one attached hydrogen (secondary N) is 1. The van der Waals surface area contributed by atoms with Gasteiger partial charge in [-0.3, -0.25) is 0 Å². The van der Waals surface area contributed by atoms with Crippen molar-refractivity contribution in [3.8, 4) is 6.07 Å². The van der Waals surface area contributed by atoms with Gasteiger partial charge in [-0.25, -0.2) is 4.79 Å². The number of halogens is 1. The van der Waals surface area contributed by atoms with E-state index in [0.29, 0.717) is 12.2 Å². The first kappa shape index (κ1) is 17.8. The molecule has 6 heteroatoms. The Kier molecular flexibility index (Phi) is 5.66. The van der Waals surface area contributed by atoms with Gasteiger partial charge in [0.25, 0.3) is 0 Å². The van der Waals surface area contributed by atoms with Gasteiger partial charge in [-0.05, 0) is 51.3 Å². The summed E-state index contributed by atoms with van der Waals surface area (Å²) in [4.78, 5) is 11.6. The number of amides is 1. The number of nitriles is 1. The maximum Gasteiger partial charge on any atom is 0.407 e. The van der Waals surface area contributed by atoms with Gasteiger partial charge in [-0.15, -0.1) is 0 Å². The number of carbonyl (C=O) groups is 1. The van der Waals surface area contributed by atoms with Crippen LogP contribution in [-0.2, 0) is 16.1 Å². The monoisotopic (exact) mass is 380 g/mol. The van der Waals surface area contributed by atoms with E-state index in [-0.39, 0.29) is 18.2 Å². The molecule has 2 rings (SSSR count). The van der Waals surface area contributed by atoms with E-state index in [9.17, 15) is 4.79 Å². The van der Waals surface area contributed by atoms with Crippen molar-refractivity contribution in [1.29, 1.82) is 5.26 Å². The van der Waals surface area contributed by atoms with Crippen molar-refractivity contribution in [2.75, 3.05) is 0 Å². The predicted octanol–water partition coefficient (Wildman–Crippen LogP) is 3.89. The molecule has 1 aliphatic rings. The molecule has 0 spiro atoms. The van der Waals surface area contributed by atoms with Crippen LogP contribution in [0, 0.1) is 11.3 Å². The van der Waals surface area contributed by atoms with E-state index in [2.05, 4.69) is 27.3 Å². The lowest BCUT2D eigenvalue weighted by molar-refractivity contribution is -0.0291. The SMILES string of the molecule is CC(C)(C)OC(=O)NC1CC(OCc2ccc(Br)cc2C#N)C1. The molecule has 1 N–H and O–H groups in total. The molecule has 0 aliphatic heterocycles. The average molecular weight is 381 g/mol. The van der Waals surface area contributed by atoms with E-state index in [4.69, 9.17) is 14.7 Å². The first-order valence-electron chi connectivity index (χ1n) is 7.56. The summed E-state index contributed by atoms with van der Waals surface area (Å²) in [5, 5.41) is 12.0. The minimum Gasteiger partial charge on any atom is -0.444 e. The number of benzene rings is 1. The van der Waals surface area contributed by atoms with E-state index in [0.717, 1.165) is 22.9 Å². The molecule has 23 heavy (non-hydrogen) atoms. The number of hydrogen-bond donors (Lipinski definition) is 1. The molecule has 1 fully saturated rings. The summed E-state index contributed by atoms with van der Waals surface area (Å²) in [7, 11) is 0. The van der Waals surface area contributed by atoms with Crippen LogP contribution in [0.3, 0.4) is 0 Å². The number of hydrogen-bond acceptors (Lipinski definition) is 4. The average Bonchev–Trinajstić information content (AvgIpc) is 2.40. The number of carbonyl (C=O) groups excluding carboxylic acids is 1. The molecule has 0 atom stereocenters. The van der Waals surface area contributed by atoms with Gasteiger partial charge in [0, 0.05) is 10.5 Å². The van der Waals surface area contributed by atoms with Crippen molar-refractivity contribution in [2.45, 2.75) is 58.0 Å². The van der Waals surface area contributed by atoms with E-state index < -0.39 is 5.60 Å². The summed E-state index contributed by atoms with van der Waals surface area (Å²) in [6.45, 7) is 5.92. The molecule has 124 valence electrons. The lowest BCUT2D eigenvalue weighted by Gasteiger charge is -2.36. The van der Waals surface area contributed by atoms with Crippen molar-refractivity contribution in [2.24, 2.45) is 0 Å². The second kappa shape index (κ2) is 7.33. The van der Waals surface area contributed by atoms with E-state index in [1.807, 2.05) is 32.9 Å². The smallest absolute Gasteiger partial charge is 0.407 e. The Morgan fingerprint density at radius 3 is 2.74 bits per heavy atom. The second-order valence-electron chi connectivity index (χ2n) is 6.66. The Hall–Kier alpha value is -1.58. The Morgan fingerprint density at radius 1 is 1.43 bits per heavy atom. The van der Waals surface area contributed by atoms with Gasteiger partial charge in [-0.1, -0.05) is 22.0 Å². The zero-order valence-corrected chi connectivity index (χ0v) is 15.1. The molecule has 1 aliphatic carbocycles. The number of ether oxygens (including phenoxy) is 2. The highest BCUT2D eigenvalue weighted by Gasteiger charge is 2.32. The van der Waals surface area contributed by atoms with Crippen molar-refractivity contribution in [3.63, 3.8) is 0 Å². The molecule has 5 nitrogen and oxygen atoms in total. The largest absolute Gasteiger partial charge is 0.444 e. The lowest BCUT2D eigenvalue weighted by atomic mass is 9.89. The molecule has 0 saturated heterocycles. The van der Waals surface area contributed by atoms with Gasteiger partial charge in [0.1, 0.15) is 5.60 Å². The minimum absolute atomic E-state index is 0.0928. The number of alkyl carbamates (subject to hydrolysis) is 1. The fourth-order valence-electron chi connectivity index (χ4n) is 2.28. The molecule has 1 aromatic rings. The van der Waals surface area contributed by atoms with Gasteiger partial charge < -0.3 is 14.8 Å². The zero-order valence-electron chi connectivity index (χ0n) is 13.6. The summed E-state index contributed by atoms with van der Waals surface area (Å²) in [5.74, 6) is 0. The molecular formula is C17H21BrN2O3. The predicted molar refractivity (Wildman–Crippen MR) is 89.8 cm³/mol. The highest BCUT2D eigenvalue weighted by molar-refractivity contribution is 9.10. The highest BCUT2D eigenvalue weighted by atomic mass is 79.9. The van der Waals surface area contributed by atoms with Crippen LogP contribution in [0.25, 0.3) is 0 Å². The van der Waals surface area contributed by atoms with Crippen LogP contribution in [0.2, 0.25) is 0 Å². The minimum atomic E-state index is -0.487. The summed E-state index contributed by atoms with van der Waals surface area (Å²) in [6.07, 6.45) is 1.24. The third-order valence-corrected chi connectivity index (χ3v) is 3.98. The standard InChI is InChI=1S/C17H21BrN2O3/c1-17(2,3)23-16(21)20-14-7-15(8-14)22-10-11-4-5-13(18)6-12(11)9-19/h4-6,14-15H,7-8,10H2,1-3H3,(H,20,21). The Labute approximate surface area is 145 Å². The van der Waals surface area contributed by atoms with Crippen LogP contribution in [-0.4, -0.2) is 23.8 Å². The third kappa shape index (κ3) is 5.52. The summed E-state index contributed by atoms with van der Waals surface area (Å²) >= 11 is 3.35. The number of nitrogens with zero attached hydrogens (tertiary/aromatic N) is 1. The Balaban J connectivity index is 1.73. The maximum atomic E-state index is 11.6. The van der Waals surface area contributed by atoms with Crippen molar-refractivity contribution >= 4 is 22.0 Å². The summed E-state index contributed by atoms with van der Waals surface area (Å²) in [6, 6.07) is 7.83. The lowest BCUT2D eigenvalue weighted by Crippen LogP contribution is -2.49. The second-order valence-corrected chi connectivity index (χ2v) is 7.58. The first-order chi connectivity index (χ1) is 10.8. The van der Waals surface area contributed by atoms with Gasteiger partial charge in [0.15, 0.2) is 0 Å².